The maximum absolute atomic E-state index is 13.2. The Labute approximate surface area is 149 Å². The van der Waals surface area contributed by atoms with Crippen molar-refractivity contribution in [3.05, 3.63) is 59.7 Å². The largest absolute Gasteiger partial charge is 0.374 e. The monoisotopic (exact) mass is 349 g/mol. The van der Waals surface area contributed by atoms with Gasteiger partial charge in [-0.1, -0.05) is 30.3 Å². The van der Waals surface area contributed by atoms with Crippen LogP contribution in [-0.2, 0) is 11.1 Å². The third-order valence-electron chi connectivity index (χ3n) is 4.80. The summed E-state index contributed by atoms with van der Waals surface area (Å²) in [6.45, 7) is 0. The van der Waals surface area contributed by atoms with Gasteiger partial charge in [-0.3, -0.25) is 9.69 Å². The number of aliphatic imine (C=N–C) groups is 1. The van der Waals surface area contributed by atoms with E-state index in [9.17, 15) is 4.79 Å². The Morgan fingerprint density at radius 1 is 1.08 bits per heavy atom. The van der Waals surface area contributed by atoms with Gasteiger partial charge < -0.3 is 5.32 Å². The number of benzene rings is 2. The Hall–Kier alpha value is -2.60. The summed E-state index contributed by atoms with van der Waals surface area (Å²) >= 11 is -0.169. The van der Waals surface area contributed by atoms with E-state index in [1.165, 1.54) is 0 Å². The summed E-state index contributed by atoms with van der Waals surface area (Å²) in [4.78, 5) is 20.1. The summed E-state index contributed by atoms with van der Waals surface area (Å²) in [6.07, 6.45) is 4.11. The van der Waals surface area contributed by atoms with Gasteiger partial charge >= 0.3 is 0 Å². The van der Waals surface area contributed by atoms with E-state index in [4.69, 9.17) is 9.39 Å². The lowest BCUT2D eigenvalue weighted by atomic mass is 9.96. The summed E-state index contributed by atoms with van der Waals surface area (Å²) in [5.41, 5.74) is 4.67. The molecule has 2 atom stereocenters. The zero-order valence-electron chi connectivity index (χ0n) is 13.9. The summed E-state index contributed by atoms with van der Waals surface area (Å²) in [5.74, 6) is 0.773. The number of ketones is 1. The number of fused-ring (bicyclic) bond motifs is 7. The average molecular weight is 349 g/mol. The van der Waals surface area contributed by atoms with Crippen molar-refractivity contribution in [3.8, 4) is 0 Å². The van der Waals surface area contributed by atoms with Crippen LogP contribution in [-0.4, -0.2) is 42.0 Å². The van der Waals surface area contributed by atoms with E-state index in [2.05, 4.69) is 23.9 Å². The third-order valence-corrected chi connectivity index (χ3v) is 5.33. The molecule has 2 aromatic carbocycles. The lowest BCUT2D eigenvalue weighted by Gasteiger charge is -2.33. The molecule has 6 heteroatoms. The van der Waals surface area contributed by atoms with Gasteiger partial charge in [-0.15, -0.1) is 0 Å². The molecule has 0 aromatic heterocycles. The Balaban J connectivity index is 1.74. The van der Waals surface area contributed by atoms with Gasteiger partial charge in [0, 0.05) is 16.8 Å². The number of carbonyl (C=O) groups is 1. The van der Waals surface area contributed by atoms with Crippen molar-refractivity contribution in [2.24, 2.45) is 9.39 Å². The van der Waals surface area contributed by atoms with Crippen molar-refractivity contribution in [2.75, 3.05) is 22.7 Å². The van der Waals surface area contributed by atoms with Crippen molar-refractivity contribution in [1.29, 1.82) is 0 Å². The quantitative estimate of drug-likeness (QED) is 0.805. The summed E-state index contributed by atoms with van der Waals surface area (Å²) in [6, 6.07) is 15.4. The molecule has 0 bridgehead atoms. The number of nitrogens with zero attached hydrogens (tertiary/aromatic N) is 3. The van der Waals surface area contributed by atoms with Gasteiger partial charge in [0.15, 0.2) is 5.78 Å². The fourth-order valence-corrected chi connectivity index (χ4v) is 4.29. The van der Waals surface area contributed by atoms with E-state index >= 15 is 0 Å². The van der Waals surface area contributed by atoms with Crippen LogP contribution in [0.4, 0.5) is 11.4 Å². The molecule has 2 unspecified atom stereocenters. The average Bonchev–Trinajstić information content (AvgIpc) is 3.11. The predicted molar refractivity (Wildman–Crippen MR) is 104 cm³/mol. The van der Waals surface area contributed by atoms with Crippen molar-refractivity contribution in [2.45, 2.75) is 12.1 Å². The molecule has 0 saturated heterocycles. The minimum Gasteiger partial charge on any atom is -0.374 e. The lowest BCUT2D eigenvalue weighted by molar-refractivity contribution is 0.0973. The molecule has 0 spiro atoms. The summed E-state index contributed by atoms with van der Waals surface area (Å²) in [7, 11) is 0. The minimum atomic E-state index is -0.334. The molecular formula is C19H17N4OS+. The van der Waals surface area contributed by atoms with Crippen LogP contribution < -0.4 is 10.2 Å². The van der Waals surface area contributed by atoms with Gasteiger partial charge in [-0.25, -0.2) is 4.99 Å². The van der Waals surface area contributed by atoms with E-state index in [0.717, 1.165) is 28.2 Å². The highest BCUT2D eigenvalue weighted by Gasteiger charge is 2.51. The van der Waals surface area contributed by atoms with Crippen LogP contribution in [0.5, 0.6) is 0 Å². The smallest absolute Gasteiger partial charge is 0.279 e. The van der Waals surface area contributed by atoms with Gasteiger partial charge in [0.25, 0.3) is 5.96 Å². The number of anilines is 2. The number of hydrogen-bond donors (Lipinski definition) is 1. The number of para-hydroxylation sites is 2. The molecule has 1 N–H and O–H groups in total. The number of nitrogens with one attached hydrogen (secondary N) is 1. The van der Waals surface area contributed by atoms with Gasteiger partial charge in [-0.2, -0.15) is 0 Å². The zero-order valence-corrected chi connectivity index (χ0v) is 14.7. The van der Waals surface area contributed by atoms with Gasteiger partial charge in [-0.05, 0) is 22.6 Å². The van der Waals surface area contributed by atoms with E-state index in [0.29, 0.717) is 5.96 Å². The lowest BCUT2D eigenvalue weighted by Crippen LogP contribution is -2.55. The van der Waals surface area contributed by atoms with Crippen molar-refractivity contribution >= 4 is 39.9 Å². The molecule has 0 amide bonds. The molecule has 5 rings (SSSR count). The molecule has 0 saturated carbocycles. The van der Waals surface area contributed by atoms with Crippen LogP contribution in [0.25, 0.3) is 0 Å². The fourth-order valence-electron chi connectivity index (χ4n) is 3.83. The standard InChI is InChI=1S/C19H17N4OS/c1-25(2)22-19-21-15-11-7-3-5-9-13(11)20-16(15)17-18(24)12-8-4-6-10-14(12)23(17)19/h3-10,16-17,20H,1-2H3/q+1/b22-19+. The second kappa shape index (κ2) is 5.20. The highest BCUT2D eigenvalue weighted by molar-refractivity contribution is 7.94. The molecule has 3 aliphatic rings. The minimum absolute atomic E-state index is 0.132. The first kappa shape index (κ1) is 14.7. The Morgan fingerprint density at radius 2 is 1.80 bits per heavy atom. The van der Waals surface area contributed by atoms with Crippen LogP contribution in [0.1, 0.15) is 15.9 Å². The number of Topliss-reactive ketones (excluding diaryl/α,β-unsaturated/α-hetero) is 1. The van der Waals surface area contributed by atoms with Crippen molar-refractivity contribution in [3.63, 3.8) is 0 Å². The highest BCUT2D eigenvalue weighted by atomic mass is 32.2. The van der Waals surface area contributed by atoms with Crippen molar-refractivity contribution in [1.82, 2.24) is 0 Å². The van der Waals surface area contributed by atoms with E-state index in [1.54, 1.807) is 0 Å². The Bertz CT molecular complexity index is 965. The summed E-state index contributed by atoms with van der Waals surface area (Å²) < 4.78 is 4.75. The maximum Gasteiger partial charge on any atom is 0.279 e. The van der Waals surface area contributed by atoms with Crippen LogP contribution >= 0.6 is 0 Å². The molecule has 25 heavy (non-hydrogen) atoms. The topological polar surface area (TPSA) is 57.1 Å². The number of carbonyl (C=O) groups excluding carboxylic acids is 1. The maximum atomic E-state index is 13.2. The van der Waals surface area contributed by atoms with Crippen LogP contribution in [0, 0.1) is 0 Å². The zero-order chi connectivity index (χ0) is 17.1. The number of hydrogen-bond acceptors (Lipinski definition) is 3. The molecule has 2 aromatic rings. The highest BCUT2D eigenvalue weighted by Crippen LogP contribution is 2.41. The Morgan fingerprint density at radius 3 is 2.60 bits per heavy atom. The molecule has 0 aliphatic carbocycles. The third kappa shape index (κ3) is 2.00. The predicted octanol–water partition coefficient (Wildman–Crippen LogP) is 2.50. The summed E-state index contributed by atoms with van der Waals surface area (Å²) in [5, 5.41) is 3.50. The number of guanidine groups is 1. The SMILES string of the molecule is C[S+](C)/N=C1\N=C2c3ccccc3NC2C2C(=O)c3ccccc3N12. The van der Waals surface area contributed by atoms with Crippen LogP contribution in [0.15, 0.2) is 57.9 Å². The fraction of sp³-hybridized carbons (Fsp3) is 0.211. The normalized spacial score (nSPS) is 24.6. The van der Waals surface area contributed by atoms with Gasteiger partial charge in [0.2, 0.25) is 0 Å². The first-order chi connectivity index (χ1) is 12.1. The second-order valence-electron chi connectivity index (χ2n) is 6.53. The molecule has 5 nitrogen and oxygen atoms in total. The van der Waals surface area contributed by atoms with E-state index < -0.39 is 0 Å². The molecule has 124 valence electrons. The van der Waals surface area contributed by atoms with Crippen LogP contribution in [0.3, 0.4) is 0 Å². The molecule has 0 fully saturated rings. The van der Waals surface area contributed by atoms with Crippen molar-refractivity contribution < 1.29 is 4.79 Å². The van der Waals surface area contributed by atoms with Gasteiger partial charge in [0.1, 0.15) is 29.6 Å². The number of rotatable bonds is 1. The second-order valence-corrected chi connectivity index (χ2v) is 8.25. The first-order valence-electron chi connectivity index (χ1n) is 8.18. The Kier molecular flexibility index (Phi) is 3.06. The molecule has 3 heterocycles. The van der Waals surface area contributed by atoms with E-state index in [1.807, 2.05) is 47.4 Å². The van der Waals surface area contributed by atoms with E-state index in [-0.39, 0.29) is 28.9 Å². The molecule has 3 aliphatic heterocycles. The van der Waals surface area contributed by atoms with Crippen LogP contribution in [0.2, 0.25) is 0 Å². The molecule has 0 radical (unpaired) electrons. The van der Waals surface area contributed by atoms with Gasteiger partial charge in [0.05, 0.1) is 17.4 Å². The first-order valence-corrected chi connectivity index (χ1v) is 10.2. The molecular weight excluding hydrogens is 332 g/mol.